The van der Waals surface area contributed by atoms with E-state index >= 15 is 0 Å². The summed E-state index contributed by atoms with van der Waals surface area (Å²) in [7, 11) is 4.08. The number of benzene rings is 3. The second-order valence-electron chi connectivity index (χ2n) is 8.18. The molecule has 0 spiro atoms. The molecule has 1 aliphatic rings. The van der Waals surface area contributed by atoms with E-state index < -0.39 is 0 Å². The summed E-state index contributed by atoms with van der Waals surface area (Å²) in [5, 5.41) is 3.59. The van der Waals surface area contributed by atoms with E-state index in [1.807, 2.05) is 26.2 Å². The fourth-order valence-corrected chi connectivity index (χ4v) is 4.39. The first-order chi connectivity index (χ1) is 15.0. The lowest BCUT2D eigenvalue weighted by Crippen LogP contribution is -2.40. The third-order valence-corrected chi connectivity index (χ3v) is 6.30. The summed E-state index contributed by atoms with van der Waals surface area (Å²) in [4.78, 5) is 17.4. The Morgan fingerprint density at radius 3 is 2.39 bits per heavy atom. The topological polar surface area (TPSA) is 35.6 Å². The summed E-state index contributed by atoms with van der Waals surface area (Å²) >= 11 is 6.23. The number of carbonyl (C=O) groups excluding carboxylic acids is 1. The van der Waals surface area contributed by atoms with Crippen LogP contribution in [-0.2, 0) is 13.0 Å². The molecule has 0 radical (unpaired) electrons. The Labute approximate surface area is 189 Å². The molecule has 31 heavy (non-hydrogen) atoms. The molecule has 5 heteroatoms. The Bertz CT molecular complexity index is 1050. The van der Waals surface area contributed by atoms with Crippen molar-refractivity contribution in [1.82, 2.24) is 10.2 Å². The molecule has 0 saturated heterocycles. The molecule has 0 aliphatic carbocycles. The maximum Gasteiger partial charge on any atom is 0.252 e. The van der Waals surface area contributed by atoms with E-state index in [1.165, 1.54) is 16.7 Å². The molecule has 1 amide bonds. The zero-order chi connectivity index (χ0) is 21.8. The van der Waals surface area contributed by atoms with Crippen molar-refractivity contribution in [3.8, 4) is 0 Å². The van der Waals surface area contributed by atoms with Crippen LogP contribution < -0.4 is 10.2 Å². The normalized spacial score (nSPS) is 14.5. The van der Waals surface area contributed by atoms with Crippen LogP contribution in [-0.4, -0.2) is 38.0 Å². The van der Waals surface area contributed by atoms with Crippen LogP contribution in [0.25, 0.3) is 0 Å². The van der Waals surface area contributed by atoms with Gasteiger partial charge >= 0.3 is 0 Å². The molecule has 1 aliphatic heterocycles. The molecule has 0 saturated carbocycles. The van der Waals surface area contributed by atoms with E-state index in [0.717, 1.165) is 25.2 Å². The fraction of sp³-hybridized carbons (Fsp3) is 0.269. The number of anilines is 1. The predicted octanol–water partition coefficient (Wildman–Crippen LogP) is 4.94. The van der Waals surface area contributed by atoms with E-state index in [4.69, 9.17) is 11.6 Å². The number of nitrogens with zero attached hydrogens (tertiary/aromatic N) is 2. The number of hydrogen-bond donors (Lipinski definition) is 1. The molecule has 1 unspecified atom stereocenters. The second kappa shape index (κ2) is 9.54. The van der Waals surface area contributed by atoms with Gasteiger partial charge in [-0.1, -0.05) is 60.1 Å². The molecule has 0 fully saturated rings. The highest BCUT2D eigenvalue weighted by Crippen LogP contribution is 2.29. The van der Waals surface area contributed by atoms with Crippen LogP contribution in [0.4, 0.5) is 5.69 Å². The number of nitrogens with one attached hydrogen (secondary N) is 1. The predicted molar refractivity (Wildman–Crippen MR) is 128 cm³/mol. The maximum atomic E-state index is 12.8. The molecule has 160 valence electrons. The van der Waals surface area contributed by atoms with Gasteiger partial charge in [0.25, 0.3) is 5.91 Å². The summed E-state index contributed by atoms with van der Waals surface area (Å²) in [6.07, 6.45) is 1.01. The Balaban J connectivity index is 1.57. The van der Waals surface area contributed by atoms with Crippen LogP contribution >= 0.6 is 11.6 Å². The van der Waals surface area contributed by atoms with Crippen LogP contribution in [0.2, 0.25) is 5.02 Å². The van der Waals surface area contributed by atoms with Crippen molar-refractivity contribution in [2.75, 3.05) is 32.1 Å². The average Bonchev–Trinajstić information content (AvgIpc) is 2.79. The van der Waals surface area contributed by atoms with Crippen LogP contribution in [0.15, 0.2) is 72.8 Å². The third-order valence-electron chi connectivity index (χ3n) is 5.97. The SMILES string of the molecule is CN(C)c1ccc(C(CNC(=O)c2ccccc2Cl)N2CCc3ccccc3C2)cc1. The van der Waals surface area contributed by atoms with Gasteiger partial charge in [0, 0.05) is 39.4 Å². The minimum atomic E-state index is -0.141. The lowest BCUT2D eigenvalue weighted by atomic mass is 9.96. The number of rotatable bonds is 6. The minimum absolute atomic E-state index is 0.0796. The number of halogens is 1. The summed E-state index contributed by atoms with van der Waals surface area (Å²) < 4.78 is 0. The summed E-state index contributed by atoms with van der Waals surface area (Å²) in [5.74, 6) is -0.141. The first-order valence-corrected chi connectivity index (χ1v) is 11.0. The minimum Gasteiger partial charge on any atom is -0.378 e. The smallest absolute Gasteiger partial charge is 0.252 e. The van der Waals surface area contributed by atoms with Gasteiger partial charge in [0.2, 0.25) is 0 Å². The van der Waals surface area contributed by atoms with Crippen molar-refractivity contribution in [2.24, 2.45) is 0 Å². The molecular formula is C26H28ClN3O. The molecule has 4 nitrogen and oxygen atoms in total. The number of fused-ring (bicyclic) bond motifs is 1. The standard InChI is InChI=1S/C26H28ClN3O/c1-29(2)22-13-11-20(12-14-22)25(17-28-26(31)23-9-5-6-10-24(23)27)30-16-15-19-7-3-4-8-21(19)18-30/h3-14,25H,15-18H2,1-2H3,(H,28,31). The van der Waals surface area contributed by atoms with Crippen LogP contribution in [0.5, 0.6) is 0 Å². The van der Waals surface area contributed by atoms with Crippen molar-refractivity contribution < 1.29 is 4.79 Å². The number of carbonyl (C=O) groups is 1. The van der Waals surface area contributed by atoms with E-state index in [0.29, 0.717) is 17.1 Å². The highest BCUT2D eigenvalue weighted by atomic mass is 35.5. The van der Waals surface area contributed by atoms with Crippen LogP contribution in [0, 0.1) is 0 Å². The molecule has 3 aromatic carbocycles. The highest BCUT2D eigenvalue weighted by molar-refractivity contribution is 6.33. The summed E-state index contributed by atoms with van der Waals surface area (Å²) in [5.41, 5.74) is 5.65. The Morgan fingerprint density at radius 1 is 1.00 bits per heavy atom. The van der Waals surface area contributed by atoms with Gasteiger partial charge in [-0.25, -0.2) is 0 Å². The monoisotopic (exact) mass is 433 g/mol. The number of hydrogen-bond acceptors (Lipinski definition) is 3. The van der Waals surface area contributed by atoms with Gasteiger partial charge in [-0.2, -0.15) is 0 Å². The number of amides is 1. The van der Waals surface area contributed by atoms with Gasteiger partial charge in [-0.3, -0.25) is 9.69 Å². The molecular weight excluding hydrogens is 406 g/mol. The average molecular weight is 434 g/mol. The quantitative estimate of drug-likeness (QED) is 0.598. The molecule has 1 heterocycles. The van der Waals surface area contributed by atoms with E-state index in [1.54, 1.807) is 12.1 Å². The third kappa shape index (κ3) is 4.92. The van der Waals surface area contributed by atoms with Crippen LogP contribution in [0.1, 0.15) is 33.1 Å². The van der Waals surface area contributed by atoms with E-state index in [-0.39, 0.29) is 11.9 Å². The molecule has 1 atom stereocenters. The Hall–Kier alpha value is -2.82. The first-order valence-electron chi connectivity index (χ1n) is 10.6. The van der Waals surface area contributed by atoms with Gasteiger partial charge in [-0.15, -0.1) is 0 Å². The van der Waals surface area contributed by atoms with Crippen molar-refractivity contribution in [1.29, 1.82) is 0 Å². The van der Waals surface area contributed by atoms with Gasteiger partial charge in [-0.05, 0) is 47.4 Å². The van der Waals surface area contributed by atoms with Crippen molar-refractivity contribution >= 4 is 23.2 Å². The zero-order valence-electron chi connectivity index (χ0n) is 18.0. The van der Waals surface area contributed by atoms with Gasteiger partial charge < -0.3 is 10.2 Å². The second-order valence-corrected chi connectivity index (χ2v) is 8.59. The molecule has 4 rings (SSSR count). The zero-order valence-corrected chi connectivity index (χ0v) is 18.8. The van der Waals surface area contributed by atoms with Crippen molar-refractivity contribution in [2.45, 2.75) is 19.0 Å². The Kier molecular flexibility index (Phi) is 6.59. The summed E-state index contributed by atoms with van der Waals surface area (Å²) in [6, 6.07) is 24.5. The first kappa shape index (κ1) is 21.4. The van der Waals surface area contributed by atoms with Crippen LogP contribution in [0.3, 0.4) is 0 Å². The maximum absolute atomic E-state index is 12.8. The molecule has 0 aromatic heterocycles. The lowest BCUT2D eigenvalue weighted by molar-refractivity contribution is 0.0928. The molecule has 3 aromatic rings. The largest absolute Gasteiger partial charge is 0.378 e. The highest BCUT2D eigenvalue weighted by Gasteiger charge is 2.25. The van der Waals surface area contributed by atoms with Crippen molar-refractivity contribution in [3.05, 3.63) is 100 Å². The lowest BCUT2D eigenvalue weighted by Gasteiger charge is -2.36. The van der Waals surface area contributed by atoms with Gasteiger partial charge in [0.05, 0.1) is 16.6 Å². The van der Waals surface area contributed by atoms with E-state index in [9.17, 15) is 4.79 Å². The van der Waals surface area contributed by atoms with E-state index in [2.05, 4.69) is 63.6 Å². The van der Waals surface area contributed by atoms with Gasteiger partial charge in [0.1, 0.15) is 0 Å². The Morgan fingerprint density at radius 2 is 1.68 bits per heavy atom. The molecule has 1 N–H and O–H groups in total. The molecule has 0 bridgehead atoms. The fourth-order valence-electron chi connectivity index (χ4n) is 4.17. The van der Waals surface area contributed by atoms with Crippen molar-refractivity contribution in [3.63, 3.8) is 0 Å². The van der Waals surface area contributed by atoms with Gasteiger partial charge in [0.15, 0.2) is 0 Å². The summed E-state index contributed by atoms with van der Waals surface area (Å²) in [6.45, 7) is 2.35.